The van der Waals surface area contributed by atoms with Gasteiger partial charge in [-0.05, 0) is 36.8 Å². The van der Waals surface area contributed by atoms with Gasteiger partial charge in [0.05, 0.1) is 5.56 Å². The second-order valence-corrected chi connectivity index (χ2v) is 8.07. The minimum absolute atomic E-state index is 0.0674. The highest BCUT2D eigenvalue weighted by Gasteiger charge is 2.27. The molecule has 1 atom stereocenters. The molecule has 0 saturated carbocycles. The predicted octanol–water partition coefficient (Wildman–Crippen LogP) is 3.73. The number of nitrogens with zero attached hydrogens (tertiary/aromatic N) is 2. The monoisotopic (exact) mass is 443 g/mol. The first kappa shape index (κ1) is 22.4. The maximum Gasteiger partial charge on any atom is 0.263 e. The fourth-order valence-corrected chi connectivity index (χ4v) is 3.95. The van der Waals surface area contributed by atoms with Crippen molar-refractivity contribution in [1.82, 2.24) is 10.2 Å². The lowest BCUT2D eigenvalue weighted by Crippen LogP contribution is -2.52. The van der Waals surface area contributed by atoms with Crippen LogP contribution in [0.3, 0.4) is 0 Å². The Balaban J connectivity index is 1.34. The minimum atomic E-state index is -0.684. The third-order valence-corrected chi connectivity index (χ3v) is 5.79. The number of carbonyl (C=O) groups is 2. The number of anilines is 1. The third kappa shape index (κ3) is 5.71. The number of para-hydroxylation sites is 2. The van der Waals surface area contributed by atoms with Crippen molar-refractivity contribution in [2.24, 2.45) is 0 Å². The molecule has 6 heteroatoms. The van der Waals surface area contributed by atoms with Crippen molar-refractivity contribution in [2.45, 2.75) is 19.6 Å². The summed E-state index contributed by atoms with van der Waals surface area (Å²) in [5, 5.41) is 2.92. The molecule has 1 N–H and O–H groups in total. The second-order valence-electron chi connectivity index (χ2n) is 8.07. The van der Waals surface area contributed by atoms with Gasteiger partial charge in [-0.25, -0.2) is 0 Å². The smallest absolute Gasteiger partial charge is 0.263 e. The lowest BCUT2D eigenvalue weighted by molar-refractivity contribution is -0.138. The van der Waals surface area contributed by atoms with Gasteiger partial charge in [-0.3, -0.25) is 9.59 Å². The Hall–Kier alpha value is -3.80. The molecular formula is C27H29N3O3. The van der Waals surface area contributed by atoms with Crippen LogP contribution >= 0.6 is 0 Å². The van der Waals surface area contributed by atoms with Crippen molar-refractivity contribution in [3.05, 3.63) is 96.1 Å². The fourth-order valence-electron chi connectivity index (χ4n) is 3.95. The summed E-state index contributed by atoms with van der Waals surface area (Å²) in [5.41, 5.74) is 2.61. The van der Waals surface area contributed by atoms with Gasteiger partial charge < -0.3 is 19.9 Å². The van der Waals surface area contributed by atoms with Gasteiger partial charge >= 0.3 is 0 Å². The molecule has 0 bridgehead atoms. The highest BCUT2D eigenvalue weighted by Crippen LogP contribution is 2.21. The number of carbonyl (C=O) groups excluding carboxylic acids is 2. The van der Waals surface area contributed by atoms with Crippen LogP contribution < -0.4 is 15.0 Å². The number of hydrogen-bond acceptors (Lipinski definition) is 4. The second kappa shape index (κ2) is 10.7. The standard InChI is InChI=1S/C27H29N3O3/c1-21(27(32)30-18-16-29(17-19-30)23-12-6-3-7-13-23)33-25-15-9-8-14-24(25)26(31)28-20-22-10-4-2-5-11-22/h2-15,21H,16-20H2,1H3,(H,28,31)/t21-/m0/s1. The predicted molar refractivity (Wildman–Crippen MR) is 129 cm³/mol. The fraction of sp³-hybridized carbons (Fsp3) is 0.259. The maximum atomic E-state index is 13.0. The molecule has 0 spiro atoms. The summed E-state index contributed by atoms with van der Waals surface area (Å²) in [6, 6.07) is 27.0. The van der Waals surface area contributed by atoms with Crippen LogP contribution in [0, 0.1) is 0 Å². The van der Waals surface area contributed by atoms with Crippen molar-refractivity contribution >= 4 is 17.5 Å². The van der Waals surface area contributed by atoms with Crippen LogP contribution in [0.1, 0.15) is 22.8 Å². The number of amides is 2. The van der Waals surface area contributed by atoms with Crippen LogP contribution in [0.2, 0.25) is 0 Å². The lowest BCUT2D eigenvalue weighted by atomic mass is 10.1. The zero-order chi connectivity index (χ0) is 23.0. The van der Waals surface area contributed by atoms with Crippen molar-refractivity contribution in [3.63, 3.8) is 0 Å². The maximum absolute atomic E-state index is 13.0. The number of rotatable bonds is 7. The van der Waals surface area contributed by atoms with Crippen molar-refractivity contribution < 1.29 is 14.3 Å². The Labute approximate surface area is 194 Å². The molecule has 33 heavy (non-hydrogen) atoms. The zero-order valence-corrected chi connectivity index (χ0v) is 18.8. The Morgan fingerprint density at radius 2 is 1.45 bits per heavy atom. The Morgan fingerprint density at radius 3 is 2.15 bits per heavy atom. The van der Waals surface area contributed by atoms with Crippen LogP contribution in [-0.4, -0.2) is 49.0 Å². The highest BCUT2D eigenvalue weighted by molar-refractivity contribution is 5.97. The summed E-state index contributed by atoms with van der Waals surface area (Å²) < 4.78 is 5.98. The van der Waals surface area contributed by atoms with E-state index < -0.39 is 6.10 Å². The molecule has 1 fully saturated rings. The molecule has 6 nitrogen and oxygen atoms in total. The molecule has 4 rings (SSSR count). The van der Waals surface area contributed by atoms with Gasteiger partial charge in [-0.15, -0.1) is 0 Å². The number of benzene rings is 3. The summed E-state index contributed by atoms with van der Waals surface area (Å²) >= 11 is 0. The first-order valence-electron chi connectivity index (χ1n) is 11.3. The lowest BCUT2D eigenvalue weighted by Gasteiger charge is -2.37. The summed E-state index contributed by atoms with van der Waals surface area (Å²) in [7, 11) is 0. The number of hydrogen-bond donors (Lipinski definition) is 1. The summed E-state index contributed by atoms with van der Waals surface area (Å²) in [6.45, 7) is 5.00. The van der Waals surface area contributed by atoms with Gasteiger partial charge in [0.25, 0.3) is 11.8 Å². The topological polar surface area (TPSA) is 61.9 Å². The van der Waals surface area contributed by atoms with Gasteiger partial charge in [-0.1, -0.05) is 60.7 Å². The highest BCUT2D eigenvalue weighted by atomic mass is 16.5. The SMILES string of the molecule is C[C@H](Oc1ccccc1C(=O)NCc1ccccc1)C(=O)N1CCN(c2ccccc2)CC1. The van der Waals surface area contributed by atoms with Gasteiger partial charge in [0.15, 0.2) is 6.10 Å². The number of ether oxygens (including phenoxy) is 1. The van der Waals surface area contributed by atoms with Crippen LogP contribution in [0.25, 0.3) is 0 Å². The number of piperazine rings is 1. The molecule has 1 aliphatic rings. The van der Waals surface area contributed by atoms with E-state index in [4.69, 9.17) is 4.74 Å². The van der Waals surface area contributed by atoms with E-state index in [1.807, 2.05) is 53.4 Å². The van der Waals surface area contributed by atoms with Crippen LogP contribution in [0.4, 0.5) is 5.69 Å². The van der Waals surface area contributed by atoms with Crippen molar-refractivity contribution in [2.75, 3.05) is 31.1 Å². The first-order chi connectivity index (χ1) is 16.1. The molecule has 170 valence electrons. The van der Waals surface area contributed by atoms with Gasteiger partial charge in [0, 0.05) is 38.4 Å². The summed E-state index contributed by atoms with van der Waals surface area (Å²) in [6.07, 6.45) is -0.684. The van der Waals surface area contributed by atoms with E-state index in [9.17, 15) is 9.59 Å². The van der Waals surface area contributed by atoms with Crippen molar-refractivity contribution in [1.29, 1.82) is 0 Å². The van der Waals surface area contributed by atoms with Gasteiger partial charge in [-0.2, -0.15) is 0 Å². The van der Waals surface area contributed by atoms with Crippen LogP contribution in [-0.2, 0) is 11.3 Å². The summed E-state index contributed by atoms with van der Waals surface area (Å²) in [5.74, 6) is 0.111. The molecule has 3 aromatic carbocycles. The van der Waals surface area contributed by atoms with E-state index in [-0.39, 0.29) is 11.8 Å². The zero-order valence-electron chi connectivity index (χ0n) is 18.8. The molecule has 0 unspecified atom stereocenters. The van der Waals surface area contributed by atoms with E-state index in [0.717, 1.165) is 18.7 Å². The Bertz CT molecular complexity index is 1060. The molecule has 0 radical (unpaired) electrons. The average molecular weight is 444 g/mol. The van der Waals surface area contributed by atoms with Gasteiger partial charge in [0.2, 0.25) is 0 Å². The van der Waals surface area contributed by atoms with Crippen molar-refractivity contribution in [3.8, 4) is 5.75 Å². The Morgan fingerprint density at radius 1 is 0.848 bits per heavy atom. The van der Waals surface area contributed by atoms with E-state index in [1.54, 1.807) is 31.2 Å². The molecule has 1 aliphatic heterocycles. The molecule has 3 aromatic rings. The number of nitrogens with one attached hydrogen (secondary N) is 1. The first-order valence-corrected chi connectivity index (χ1v) is 11.3. The molecule has 0 aliphatic carbocycles. The van der Waals surface area contributed by atoms with Gasteiger partial charge in [0.1, 0.15) is 5.75 Å². The minimum Gasteiger partial charge on any atom is -0.480 e. The van der Waals surface area contributed by atoms with E-state index in [1.165, 1.54) is 5.69 Å². The average Bonchev–Trinajstić information content (AvgIpc) is 2.88. The Kier molecular flexibility index (Phi) is 7.25. The largest absolute Gasteiger partial charge is 0.480 e. The third-order valence-electron chi connectivity index (χ3n) is 5.79. The summed E-state index contributed by atoms with van der Waals surface area (Å²) in [4.78, 5) is 29.9. The molecule has 0 aromatic heterocycles. The molecule has 1 saturated heterocycles. The molecular weight excluding hydrogens is 414 g/mol. The van der Waals surface area contributed by atoms with E-state index in [0.29, 0.717) is 30.9 Å². The molecule has 2 amide bonds. The van der Waals surface area contributed by atoms with Crippen LogP contribution in [0.5, 0.6) is 5.75 Å². The quantitative estimate of drug-likeness (QED) is 0.605. The van der Waals surface area contributed by atoms with E-state index in [2.05, 4.69) is 22.3 Å². The van der Waals surface area contributed by atoms with E-state index >= 15 is 0 Å². The normalized spacial score (nSPS) is 14.5. The molecule has 1 heterocycles. The van der Waals surface area contributed by atoms with Crippen LogP contribution in [0.15, 0.2) is 84.9 Å².